The number of benzene rings is 1. The van der Waals surface area contributed by atoms with E-state index in [1.54, 1.807) is 20.0 Å². The Balaban J connectivity index is 0.00000264. The van der Waals surface area contributed by atoms with Crippen molar-refractivity contribution in [3.63, 3.8) is 0 Å². The molecule has 0 bridgehead atoms. The van der Waals surface area contributed by atoms with E-state index in [0.717, 1.165) is 23.1 Å². The molecule has 3 nitrogen and oxygen atoms in total. The first-order valence-corrected chi connectivity index (χ1v) is 7.51. The summed E-state index contributed by atoms with van der Waals surface area (Å²) in [5.74, 6) is -0.284. The van der Waals surface area contributed by atoms with Crippen molar-refractivity contribution in [2.24, 2.45) is 0 Å². The molecule has 122 valence electrons. The molecule has 1 aromatic heterocycles. The maximum atomic E-state index is 11.6. The third-order valence-electron chi connectivity index (χ3n) is 3.19. The first kappa shape index (κ1) is 19.2. The van der Waals surface area contributed by atoms with Crippen molar-refractivity contribution in [1.29, 1.82) is 0 Å². The van der Waals surface area contributed by atoms with Gasteiger partial charge in [-0.3, -0.25) is 0 Å². The highest BCUT2D eigenvalue weighted by atomic mass is 35.5. The molecule has 0 aliphatic carbocycles. The average Bonchev–Trinajstić information content (AvgIpc) is 2.51. The van der Waals surface area contributed by atoms with Crippen LogP contribution in [-0.4, -0.2) is 17.6 Å². The summed E-state index contributed by atoms with van der Waals surface area (Å²) in [5, 5.41) is 0.532. The van der Waals surface area contributed by atoms with Crippen molar-refractivity contribution in [2.45, 2.75) is 20.3 Å². The second-order valence-electron chi connectivity index (χ2n) is 4.92. The summed E-state index contributed by atoms with van der Waals surface area (Å²) in [5.41, 5.74) is 3.69. The van der Waals surface area contributed by atoms with Crippen molar-refractivity contribution in [1.82, 2.24) is 4.98 Å². The van der Waals surface area contributed by atoms with Crippen molar-refractivity contribution < 1.29 is 9.53 Å². The van der Waals surface area contributed by atoms with E-state index in [4.69, 9.17) is 16.3 Å². The number of ether oxygens (including phenoxy) is 1. The molecule has 0 radical (unpaired) electrons. The van der Waals surface area contributed by atoms with Crippen LogP contribution in [0.3, 0.4) is 0 Å². The van der Waals surface area contributed by atoms with Crippen molar-refractivity contribution in [2.75, 3.05) is 6.61 Å². The highest BCUT2D eigenvalue weighted by Gasteiger charge is 2.05. The molecule has 0 spiro atoms. The zero-order valence-corrected chi connectivity index (χ0v) is 14.7. The summed E-state index contributed by atoms with van der Waals surface area (Å²) < 4.78 is 4.96. The number of hydrogen-bond acceptors (Lipinski definition) is 3. The van der Waals surface area contributed by atoms with Crippen LogP contribution in [0.2, 0.25) is 5.15 Å². The largest absolute Gasteiger partial charge is 0.463 e. The molecule has 0 amide bonds. The van der Waals surface area contributed by atoms with Crippen LogP contribution in [0, 0.1) is 0 Å². The molecule has 0 N–H and O–H groups in total. The summed E-state index contributed by atoms with van der Waals surface area (Å²) in [7, 11) is 0. The third-order valence-corrected chi connectivity index (χ3v) is 3.53. The Labute approximate surface area is 147 Å². The van der Waals surface area contributed by atoms with E-state index in [1.165, 1.54) is 0 Å². The van der Waals surface area contributed by atoms with Crippen molar-refractivity contribution in [3.05, 3.63) is 70.0 Å². The average molecular weight is 352 g/mol. The summed E-state index contributed by atoms with van der Waals surface area (Å²) in [6, 6.07) is 11.8. The van der Waals surface area contributed by atoms with Gasteiger partial charge in [-0.1, -0.05) is 41.9 Å². The van der Waals surface area contributed by atoms with Crippen LogP contribution >= 0.6 is 24.0 Å². The molecule has 2 rings (SSSR count). The number of nitrogens with zero attached hydrogens (tertiary/aromatic N) is 1. The Morgan fingerprint density at radius 1 is 1.26 bits per heavy atom. The van der Waals surface area contributed by atoms with E-state index in [-0.39, 0.29) is 18.4 Å². The molecule has 0 unspecified atom stereocenters. The van der Waals surface area contributed by atoms with E-state index < -0.39 is 0 Å². The van der Waals surface area contributed by atoms with Gasteiger partial charge in [0.1, 0.15) is 5.15 Å². The van der Waals surface area contributed by atoms with E-state index in [2.05, 4.69) is 4.98 Å². The van der Waals surface area contributed by atoms with Gasteiger partial charge in [-0.25, -0.2) is 9.78 Å². The van der Waals surface area contributed by atoms with Crippen LogP contribution in [0.1, 0.15) is 30.5 Å². The summed E-state index contributed by atoms with van der Waals surface area (Å²) in [6.45, 7) is 3.93. The SMILES string of the molecule is CCOC(=O)C(C)=Cc1ccc(Cc2cccnc2Cl)cc1.Cl. The Morgan fingerprint density at radius 3 is 2.57 bits per heavy atom. The zero-order valence-electron chi connectivity index (χ0n) is 13.1. The van der Waals surface area contributed by atoms with Crippen LogP contribution < -0.4 is 0 Å². The molecule has 0 saturated heterocycles. The highest BCUT2D eigenvalue weighted by molar-refractivity contribution is 6.30. The number of rotatable bonds is 5. The number of carbonyl (C=O) groups excluding carboxylic acids is 1. The molecular weight excluding hydrogens is 333 g/mol. The van der Waals surface area contributed by atoms with Crippen LogP contribution in [0.5, 0.6) is 0 Å². The Hall–Kier alpha value is -1.84. The fourth-order valence-electron chi connectivity index (χ4n) is 2.06. The molecule has 0 aliphatic heterocycles. The predicted octanol–water partition coefficient (Wildman–Crippen LogP) is 4.71. The Kier molecular flexibility index (Phi) is 7.79. The number of esters is 1. The monoisotopic (exact) mass is 351 g/mol. The third kappa shape index (κ3) is 5.70. The highest BCUT2D eigenvalue weighted by Crippen LogP contribution is 2.17. The van der Waals surface area contributed by atoms with Gasteiger partial charge in [-0.15, -0.1) is 12.4 Å². The Morgan fingerprint density at radius 2 is 1.96 bits per heavy atom. The van der Waals surface area contributed by atoms with Gasteiger partial charge in [0.05, 0.1) is 6.61 Å². The number of hydrogen-bond donors (Lipinski definition) is 0. The smallest absolute Gasteiger partial charge is 0.333 e. The maximum Gasteiger partial charge on any atom is 0.333 e. The van der Waals surface area contributed by atoms with Gasteiger partial charge in [0, 0.05) is 18.2 Å². The first-order valence-electron chi connectivity index (χ1n) is 7.14. The van der Waals surface area contributed by atoms with E-state index in [9.17, 15) is 4.79 Å². The fraction of sp³-hybridized carbons (Fsp3) is 0.222. The number of carbonyl (C=O) groups is 1. The normalized spacial score (nSPS) is 10.8. The lowest BCUT2D eigenvalue weighted by Crippen LogP contribution is -2.04. The van der Waals surface area contributed by atoms with Gasteiger partial charge in [0.2, 0.25) is 0 Å². The molecule has 1 heterocycles. The number of aromatic nitrogens is 1. The lowest BCUT2D eigenvalue weighted by molar-refractivity contribution is -0.138. The fourth-order valence-corrected chi connectivity index (χ4v) is 2.24. The first-order chi connectivity index (χ1) is 10.6. The van der Waals surface area contributed by atoms with Gasteiger partial charge in [0.25, 0.3) is 0 Å². The molecule has 5 heteroatoms. The lowest BCUT2D eigenvalue weighted by atomic mass is 10.0. The van der Waals surface area contributed by atoms with Gasteiger partial charge < -0.3 is 4.74 Å². The van der Waals surface area contributed by atoms with E-state index in [1.807, 2.05) is 42.5 Å². The minimum Gasteiger partial charge on any atom is -0.463 e. The predicted molar refractivity (Wildman–Crippen MR) is 96.0 cm³/mol. The minimum atomic E-state index is -0.284. The molecule has 0 aliphatic rings. The molecule has 0 fully saturated rings. The van der Waals surface area contributed by atoms with Crippen molar-refractivity contribution >= 4 is 36.1 Å². The topological polar surface area (TPSA) is 39.2 Å². The van der Waals surface area contributed by atoms with Crippen molar-refractivity contribution in [3.8, 4) is 0 Å². The van der Waals surface area contributed by atoms with Crippen LogP contribution in [-0.2, 0) is 16.0 Å². The standard InChI is InChI=1S/C18H18ClNO2.ClH/c1-3-22-18(21)13(2)11-14-6-8-15(9-7-14)12-16-5-4-10-20-17(16)19;/h4-11H,3,12H2,1-2H3;1H. The molecule has 1 aromatic carbocycles. The van der Waals surface area contributed by atoms with E-state index >= 15 is 0 Å². The summed E-state index contributed by atoms with van der Waals surface area (Å²) in [6.07, 6.45) is 4.23. The summed E-state index contributed by atoms with van der Waals surface area (Å²) in [4.78, 5) is 15.7. The van der Waals surface area contributed by atoms with Crippen LogP contribution in [0.15, 0.2) is 48.2 Å². The van der Waals surface area contributed by atoms with Gasteiger partial charge >= 0.3 is 5.97 Å². The quantitative estimate of drug-likeness (QED) is 0.444. The van der Waals surface area contributed by atoms with Crippen LogP contribution in [0.4, 0.5) is 0 Å². The van der Waals surface area contributed by atoms with Crippen LogP contribution in [0.25, 0.3) is 6.08 Å². The second kappa shape index (κ2) is 9.33. The minimum absolute atomic E-state index is 0. The zero-order chi connectivity index (χ0) is 15.9. The van der Waals surface area contributed by atoms with Gasteiger partial charge in [-0.2, -0.15) is 0 Å². The van der Waals surface area contributed by atoms with Gasteiger partial charge in [0.15, 0.2) is 0 Å². The molecule has 0 atom stereocenters. The second-order valence-corrected chi connectivity index (χ2v) is 5.28. The molecule has 2 aromatic rings. The van der Waals surface area contributed by atoms with E-state index in [0.29, 0.717) is 17.3 Å². The molecule has 23 heavy (non-hydrogen) atoms. The number of pyridine rings is 1. The summed E-state index contributed by atoms with van der Waals surface area (Å²) >= 11 is 6.07. The molecule has 0 saturated carbocycles. The van der Waals surface area contributed by atoms with Gasteiger partial charge in [-0.05, 0) is 42.7 Å². The number of halogens is 2. The maximum absolute atomic E-state index is 11.6. The lowest BCUT2D eigenvalue weighted by Gasteiger charge is -2.05. The molecular formula is C18H19Cl2NO2. The Bertz CT molecular complexity index is 682.